The topological polar surface area (TPSA) is 61.6 Å². The lowest BCUT2D eigenvalue weighted by molar-refractivity contribution is 0.0936. The number of rotatable bonds is 9. The van der Waals surface area contributed by atoms with Gasteiger partial charge < -0.3 is 13.9 Å². The molecule has 3 aromatic rings. The first kappa shape index (κ1) is 33.9. The van der Waals surface area contributed by atoms with Crippen LogP contribution in [-0.4, -0.2) is 10.8 Å². The molecule has 0 aliphatic heterocycles. The molecule has 0 unspecified atom stereocenters. The molecule has 1 aliphatic carbocycles. The number of ketones is 1. The van der Waals surface area contributed by atoms with Crippen LogP contribution in [0.15, 0.2) is 53.1 Å². The summed E-state index contributed by atoms with van der Waals surface area (Å²) in [4.78, 5) is 17.3. The van der Waals surface area contributed by atoms with Gasteiger partial charge in [0.25, 0.3) is 0 Å². The van der Waals surface area contributed by atoms with E-state index in [0.717, 1.165) is 41.1 Å². The summed E-state index contributed by atoms with van der Waals surface area (Å²) in [6.45, 7) is 18.5. The second-order valence-electron chi connectivity index (χ2n) is 9.19. The third-order valence-electron chi connectivity index (χ3n) is 6.24. The highest BCUT2D eigenvalue weighted by atomic mass is 16.5. The van der Waals surface area contributed by atoms with Gasteiger partial charge in [0.15, 0.2) is 11.7 Å². The number of carbonyl (C=O) groups is 1. The molecule has 39 heavy (non-hydrogen) atoms. The van der Waals surface area contributed by atoms with Crippen molar-refractivity contribution in [3.05, 3.63) is 77.0 Å². The lowest BCUT2D eigenvalue weighted by Crippen LogP contribution is -2.13. The van der Waals surface area contributed by atoms with Crippen LogP contribution in [0.4, 0.5) is 0 Å². The standard InChI is InChI=1S/C28H33NO4.3C2H6/c1-19(2)27(30)26-20(3)9-7-12-22(26)16-31-24-13-8-14-25(15-24)32-17-23-18-33-28(29-23)21-10-5-4-6-11-21;3*1-2/h7-9,12-15,18-19,21H,4-6,10-11,16-17H2,1-3H3;3*1-2H3. The Morgan fingerprint density at radius 3 is 2.10 bits per heavy atom. The number of ether oxygens (including phenoxy) is 2. The zero-order valence-corrected chi connectivity index (χ0v) is 25.8. The van der Waals surface area contributed by atoms with Gasteiger partial charge in [-0.05, 0) is 37.5 Å². The number of oxazole rings is 1. The van der Waals surface area contributed by atoms with E-state index in [0.29, 0.717) is 30.6 Å². The molecule has 0 N–H and O–H groups in total. The van der Waals surface area contributed by atoms with Gasteiger partial charge in [-0.3, -0.25) is 4.79 Å². The molecule has 4 rings (SSSR count). The minimum Gasteiger partial charge on any atom is -0.489 e. The Kier molecular flexibility index (Phi) is 16.6. The van der Waals surface area contributed by atoms with E-state index in [1.54, 1.807) is 6.26 Å². The highest BCUT2D eigenvalue weighted by Crippen LogP contribution is 2.32. The maximum atomic E-state index is 12.7. The van der Waals surface area contributed by atoms with Crippen molar-refractivity contribution in [3.8, 4) is 11.5 Å². The third kappa shape index (κ3) is 10.5. The van der Waals surface area contributed by atoms with Crippen LogP contribution in [-0.2, 0) is 13.2 Å². The molecule has 0 bridgehead atoms. The van der Waals surface area contributed by atoms with E-state index < -0.39 is 0 Å². The van der Waals surface area contributed by atoms with Crippen LogP contribution in [0.5, 0.6) is 11.5 Å². The number of carbonyl (C=O) groups excluding carboxylic acids is 1. The molecule has 1 aliphatic rings. The van der Waals surface area contributed by atoms with Gasteiger partial charge in [-0.2, -0.15) is 0 Å². The first-order valence-corrected chi connectivity index (χ1v) is 14.9. The Morgan fingerprint density at radius 2 is 1.49 bits per heavy atom. The zero-order valence-electron chi connectivity index (χ0n) is 25.8. The van der Waals surface area contributed by atoms with E-state index in [9.17, 15) is 4.79 Å². The molecule has 0 amide bonds. The van der Waals surface area contributed by atoms with Gasteiger partial charge in [0.1, 0.15) is 36.7 Å². The summed E-state index contributed by atoms with van der Waals surface area (Å²) in [7, 11) is 0. The Morgan fingerprint density at radius 1 is 0.897 bits per heavy atom. The van der Waals surface area contributed by atoms with E-state index in [1.807, 2.05) is 105 Å². The minimum atomic E-state index is -0.0586. The molecule has 0 atom stereocenters. The third-order valence-corrected chi connectivity index (χ3v) is 6.24. The normalized spacial score (nSPS) is 12.7. The summed E-state index contributed by atoms with van der Waals surface area (Å²) in [6, 6.07) is 13.4. The van der Waals surface area contributed by atoms with Crippen molar-refractivity contribution in [2.45, 2.75) is 114 Å². The molecule has 0 spiro atoms. The molecule has 0 radical (unpaired) electrons. The molecular weight excluding hydrogens is 486 g/mol. The maximum absolute atomic E-state index is 12.7. The molecule has 1 heterocycles. The number of hydrogen-bond acceptors (Lipinski definition) is 5. The Bertz CT molecular complexity index is 1080. The number of nitrogens with zero attached hydrogens (tertiary/aromatic N) is 1. The Balaban J connectivity index is 0.00000119. The second-order valence-corrected chi connectivity index (χ2v) is 9.19. The van der Waals surface area contributed by atoms with Gasteiger partial charge in [0.2, 0.25) is 0 Å². The average molecular weight is 538 g/mol. The van der Waals surface area contributed by atoms with Gasteiger partial charge in [0.05, 0.1) is 0 Å². The average Bonchev–Trinajstić information content (AvgIpc) is 3.48. The summed E-state index contributed by atoms with van der Waals surface area (Å²) in [5, 5.41) is 0. The van der Waals surface area contributed by atoms with Crippen molar-refractivity contribution >= 4 is 5.78 Å². The number of aromatic nitrogens is 1. The first-order valence-electron chi connectivity index (χ1n) is 14.9. The van der Waals surface area contributed by atoms with Crippen molar-refractivity contribution in [1.29, 1.82) is 0 Å². The monoisotopic (exact) mass is 537 g/mol. The summed E-state index contributed by atoms with van der Waals surface area (Å²) >= 11 is 0. The summed E-state index contributed by atoms with van der Waals surface area (Å²) in [5.74, 6) is 2.77. The molecule has 216 valence electrons. The van der Waals surface area contributed by atoms with E-state index in [1.165, 1.54) is 19.3 Å². The van der Waals surface area contributed by atoms with Crippen LogP contribution in [0, 0.1) is 12.8 Å². The SMILES string of the molecule is CC.CC.CC.Cc1cccc(COc2cccc(OCc3coc(C4CCCCC4)n3)c2)c1C(=O)C(C)C. The van der Waals surface area contributed by atoms with Gasteiger partial charge in [0, 0.05) is 29.0 Å². The highest BCUT2D eigenvalue weighted by Gasteiger charge is 2.20. The van der Waals surface area contributed by atoms with Crippen molar-refractivity contribution in [2.24, 2.45) is 5.92 Å². The molecule has 5 nitrogen and oxygen atoms in total. The van der Waals surface area contributed by atoms with Crippen LogP contribution < -0.4 is 9.47 Å². The van der Waals surface area contributed by atoms with Crippen molar-refractivity contribution in [1.82, 2.24) is 4.98 Å². The first-order chi connectivity index (χ1) is 19.0. The molecule has 1 saturated carbocycles. The number of aryl methyl sites for hydroxylation is 1. The fourth-order valence-corrected chi connectivity index (χ4v) is 4.39. The molecule has 0 saturated heterocycles. The lowest BCUT2D eigenvalue weighted by Gasteiger charge is -2.17. The van der Waals surface area contributed by atoms with Gasteiger partial charge >= 0.3 is 0 Å². The van der Waals surface area contributed by atoms with Gasteiger partial charge in [-0.25, -0.2) is 4.98 Å². The zero-order chi connectivity index (χ0) is 29.2. The van der Waals surface area contributed by atoms with Crippen molar-refractivity contribution in [3.63, 3.8) is 0 Å². The van der Waals surface area contributed by atoms with E-state index in [4.69, 9.17) is 13.9 Å². The number of benzene rings is 2. The van der Waals surface area contributed by atoms with Crippen LogP contribution in [0.1, 0.15) is 126 Å². The predicted molar refractivity (Wildman–Crippen MR) is 162 cm³/mol. The van der Waals surface area contributed by atoms with Crippen LogP contribution in [0.25, 0.3) is 0 Å². The van der Waals surface area contributed by atoms with E-state index in [-0.39, 0.29) is 11.7 Å². The van der Waals surface area contributed by atoms with Crippen LogP contribution in [0.3, 0.4) is 0 Å². The second kappa shape index (κ2) is 19.1. The molecule has 1 fully saturated rings. The summed E-state index contributed by atoms with van der Waals surface area (Å²) < 4.78 is 17.7. The Hall–Kier alpha value is -3.08. The minimum absolute atomic E-state index is 0.0586. The molecule has 2 aromatic carbocycles. The van der Waals surface area contributed by atoms with Crippen molar-refractivity contribution in [2.75, 3.05) is 0 Å². The van der Waals surface area contributed by atoms with Crippen LogP contribution in [0.2, 0.25) is 0 Å². The van der Waals surface area contributed by atoms with E-state index >= 15 is 0 Å². The smallest absolute Gasteiger partial charge is 0.197 e. The predicted octanol–water partition coefficient (Wildman–Crippen LogP) is 10.1. The van der Waals surface area contributed by atoms with Crippen molar-refractivity contribution < 1.29 is 18.7 Å². The maximum Gasteiger partial charge on any atom is 0.197 e. The van der Waals surface area contributed by atoms with Crippen LogP contribution >= 0.6 is 0 Å². The molecule has 5 heteroatoms. The van der Waals surface area contributed by atoms with E-state index in [2.05, 4.69) is 4.98 Å². The number of hydrogen-bond donors (Lipinski definition) is 0. The molecular formula is C34H51NO4. The quantitative estimate of drug-likeness (QED) is 0.254. The summed E-state index contributed by atoms with van der Waals surface area (Å²) in [6.07, 6.45) is 7.83. The summed E-state index contributed by atoms with van der Waals surface area (Å²) in [5.41, 5.74) is 3.45. The number of Topliss-reactive ketones (excluding diaryl/α,β-unsaturated/α-hetero) is 1. The largest absolute Gasteiger partial charge is 0.489 e. The fraction of sp³-hybridized carbons (Fsp3) is 0.529. The highest BCUT2D eigenvalue weighted by molar-refractivity contribution is 6.00. The lowest BCUT2D eigenvalue weighted by atomic mass is 9.89. The fourth-order valence-electron chi connectivity index (χ4n) is 4.39. The molecule has 1 aromatic heterocycles. The Labute approximate surface area is 237 Å². The van der Waals surface area contributed by atoms with Gasteiger partial charge in [-0.1, -0.05) is 98.9 Å². The van der Waals surface area contributed by atoms with Gasteiger partial charge in [-0.15, -0.1) is 0 Å².